The molecular weight excluding hydrogens is 214 g/mol. The molecule has 0 radical (unpaired) electrons. The summed E-state index contributed by atoms with van der Waals surface area (Å²) in [4.78, 5) is 0. The quantitative estimate of drug-likeness (QED) is 0.794. The van der Waals surface area contributed by atoms with Crippen LogP contribution in [0.3, 0.4) is 0 Å². The molecule has 0 heterocycles. The van der Waals surface area contributed by atoms with Crippen molar-refractivity contribution in [2.75, 3.05) is 20.3 Å². The molecule has 0 fully saturated rings. The van der Waals surface area contributed by atoms with Crippen LogP contribution in [0.4, 0.5) is 0 Å². The average molecular weight is 235 g/mol. The van der Waals surface area contributed by atoms with Gasteiger partial charge in [-0.25, -0.2) is 0 Å². The standard InChI is InChI=1S/C14H21NO2/c1-16-9-4-10-17-13-8-7-11-5-2-3-6-12(11)14(13)15/h2-3,5-6,13-14H,4,7-10,15H2,1H3. The summed E-state index contributed by atoms with van der Waals surface area (Å²) < 4.78 is 10.9. The SMILES string of the molecule is COCCCOC1CCc2ccccc2C1N. The molecule has 0 amide bonds. The topological polar surface area (TPSA) is 44.5 Å². The van der Waals surface area contributed by atoms with Crippen LogP contribution in [-0.4, -0.2) is 26.4 Å². The molecular formula is C14H21NO2. The van der Waals surface area contributed by atoms with Gasteiger partial charge in [0, 0.05) is 20.3 Å². The summed E-state index contributed by atoms with van der Waals surface area (Å²) in [6.07, 6.45) is 3.17. The number of rotatable bonds is 5. The fourth-order valence-electron chi connectivity index (χ4n) is 2.39. The van der Waals surface area contributed by atoms with Gasteiger partial charge < -0.3 is 15.2 Å². The van der Waals surface area contributed by atoms with Crippen LogP contribution in [0.5, 0.6) is 0 Å². The third-order valence-corrected chi connectivity index (χ3v) is 3.34. The Kier molecular flexibility index (Phi) is 4.54. The number of fused-ring (bicyclic) bond motifs is 1. The highest BCUT2D eigenvalue weighted by Crippen LogP contribution is 2.29. The van der Waals surface area contributed by atoms with Crippen molar-refractivity contribution in [3.63, 3.8) is 0 Å². The Morgan fingerprint density at radius 3 is 2.94 bits per heavy atom. The van der Waals surface area contributed by atoms with Crippen LogP contribution in [0, 0.1) is 0 Å². The number of benzene rings is 1. The van der Waals surface area contributed by atoms with Crippen LogP contribution in [-0.2, 0) is 15.9 Å². The van der Waals surface area contributed by atoms with Gasteiger partial charge in [-0.3, -0.25) is 0 Å². The average Bonchev–Trinajstić information content (AvgIpc) is 2.37. The molecule has 1 aliphatic carbocycles. The number of aryl methyl sites for hydroxylation is 1. The van der Waals surface area contributed by atoms with Gasteiger partial charge in [-0.1, -0.05) is 24.3 Å². The van der Waals surface area contributed by atoms with Crippen molar-refractivity contribution in [1.82, 2.24) is 0 Å². The van der Waals surface area contributed by atoms with Gasteiger partial charge in [0.1, 0.15) is 0 Å². The second kappa shape index (κ2) is 6.15. The minimum Gasteiger partial charge on any atom is -0.385 e. The number of hydrogen-bond donors (Lipinski definition) is 1. The smallest absolute Gasteiger partial charge is 0.0770 e. The lowest BCUT2D eigenvalue weighted by molar-refractivity contribution is 0.0151. The van der Waals surface area contributed by atoms with E-state index in [9.17, 15) is 0 Å². The lowest BCUT2D eigenvalue weighted by Gasteiger charge is -2.31. The summed E-state index contributed by atoms with van der Waals surface area (Å²) in [6, 6.07) is 8.42. The maximum atomic E-state index is 6.25. The summed E-state index contributed by atoms with van der Waals surface area (Å²) in [6.45, 7) is 1.48. The van der Waals surface area contributed by atoms with E-state index >= 15 is 0 Å². The molecule has 3 nitrogen and oxygen atoms in total. The monoisotopic (exact) mass is 235 g/mol. The number of methoxy groups -OCH3 is 1. The molecule has 17 heavy (non-hydrogen) atoms. The van der Waals surface area contributed by atoms with Crippen LogP contribution >= 0.6 is 0 Å². The summed E-state index contributed by atoms with van der Waals surface area (Å²) in [7, 11) is 1.71. The summed E-state index contributed by atoms with van der Waals surface area (Å²) in [5.74, 6) is 0. The van der Waals surface area contributed by atoms with E-state index in [1.807, 2.05) is 6.07 Å². The van der Waals surface area contributed by atoms with E-state index in [1.165, 1.54) is 11.1 Å². The Bertz CT molecular complexity index is 354. The van der Waals surface area contributed by atoms with Crippen molar-refractivity contribution in [3.8, 4) is 0 Å². The summed E-state index contributed by atoms with van der Waals surface area (Å²) >= 11 is 0. The second-order valence-electron chi connectivity index (χ2n) is 4.52. The fourth-order valence-corrected chi connectivity index (χ4v) is 2.39. The molecule has 2 unspecified atom stereocenters. The molecule has 1 aliphatic rings. The minimum absolute atomic E-state index is 0.0162. The van der Waals surface area contributed by atoms with Gasteiger partial charge in [-0.2, -0.15) is 0 Å². The predicted octanol–water partition coefficient (Wildman–Crippen LogP) is 2.05. The molecule has 3 heteroatoms. The highest BCUT2D eigenvalue weighted by atomic mass is 16.5. The largest absolute Gasteiger partial charge is 0.385 e. The minimum atomic E-state index is 0.0162. The van der Waals surface area contributed by atoms with Crippen molar-refractivity contribution in [1.29, 1.82) is 0 Å². The van der Waals surface area contributed by atoms with Gasteiger partial charge >= 0.3 is 0 Å². The zero-order chi connectivity index (χ0) is 12.1. The van der Waals surface area contributed by atoms with E-state index in [0.29, 0.717) is 0 Å². The molecule has 2 atom stereocenters. The molecule has 0 saturated carbocycles. The van der Waals surface area contributed by atoms with Crippen molar-refractivity contribution < 1.29 is 9.47 Å². The lowest BCUT2D eigenvalue weighted by atomic mass is 9.86. The number of ether oxygens (including phenoxy) is 2. The highest BCUT2D eigenvalue weighted by molar-refractivity contribution is 5.33. The van der Waals surface area contributed by atoms with Gasteiger partial charge in [-0.15, -0.1) is 0 Å². The fraction of sp³-hybridized carbons (Fsp3) is 0.571. The van der Waals surface area contributed by atoms with Gasteiger partial charge in [-0.05, 0) is 30.4 Å². The first-order chi connectivity index (χ1) is 8.33. The van der Waals surface area contributed by atoms with Gasteiger partial charge in [0.05, 0.1) is 12.1 Å². The molecule has 1 aromatic rings. The number of hydrogen-bond acceptors (Lipinski definition) is 3. The molecule has 0 aromatic heterocycles. The Morgan fingerprint density at radius 1 is 1.29 bits per heavy atom. The van der Waals surface area contributed by atoms with Crippen LogP contribution in [0.25, 0.3) is 0 Å². The Hall–Kier alpha value is -0.900. The van der Waals surface area contributed by atoms with Crippen LogP contribution in [0.1, 0.15) is 30.0 Å². The zero-order valence-electron chi connectivity index (χ0n) is 10.4. The second-order valence-corrected chi connectivity index (χ2v) is 4.52. The van der Waals surface area contributed by atoms with Crippen molar-refractivity contribution in [3.05, 3.63) is 35.4 Å². The normalized spacial score (nSPS) is 23.4. The Morgan fingerprint density at radius 2 is 2.12 bits per heavy atom. The molecule has 0 bridgehead atoms. The first-order valence-corrected chi connectivity index (χ1v) is 6.27. The van der Waals surface area contributed by atoms with Crippen LogP contribution in [0.15, 0.2) is 24.3 Å². The highest BCUT2D eigenvalue weighted by Gasteiger charge is 2.26. The molecule has 0 aliphatic heterocycles. The maximum Gasteiger partial charge on any atom is 0.0770 e. The Labute approximate surface area is 103 Å². The van der Waals surface area contributed by atoms with Crippen molar-refractivity contribution in [2.24, 2.45) is 5.73 Å². The van der Waals surface area contributed by atoms with Crippen LogP contribution < -0.4 is 5.73 Å². The molecule has 2 N–H and O–H groups in total. The molecule has 0 saturated heterocycles. The van der Waals surface area contributed by atoms with E-state index in [0.717, 1.165) is 32.5 Å². The zero-order valence-corrected chi connectivity index (χ0v) is 10.4. The number of nitrogens with two attached hydrogens (primary N) is 1. The molecule has 2 rings (SSSR count). The van der Waals surface area contributed by atoms with Gasteiger partial charge in [0.25, 0.3) is 0 Å². The third-order valence-electron chi connectivity index (χ3n) is 3.34. The summed E-state index contributed by atoms with van der Waals surface area (Å²) in [5.41, 5.74) is 8.87. The first-order valence-electron chi connectivity index (χ1n) is 6.27. The maximum absolute atomic E-state index is 6.25. The molecule has 0 spiro atoms. The molecule has 1 aromatic carbocycles. The third kappa shape index (κ3) is 3.06. The van der Waals surface area contributed by atoms with Gasteiger partial charge in [0.15, 0.2) is 0 Å². The van der Waals surface area contributed by atoms with Crippen molar-refractivity contribution in [2.45, 2.75) is 31.4 Å². The van der Waals surface area contributed by atoms with E-state index < -0.39 is 0 Å². The predicted molar refractivity (Wildman–Crippen MR) is 67.9 cm³/mol. The van der Waals surface area contributed by atoms with E-state index in [1.54, 1.807) is 7.11 Å². The van der Waals surface area contributed by atoms with E-state index in [2.05, 4.69) is 18.2 Å². The van der Waals surface area contributed by atoms with Crippen molar-refractivity contribution >= 4 is 0 Å². The Balaban J connectivity index is 1.90. The molecule has 94 valence electrons. The van der Waals surface area contributed by atoms with E-state index in [-0.39, 0.29) is 12.1 Å². The van der Waals surface area contributed by atoms with E-state index in [4.69, 9.17) is 15.2 Å². The first kappa shape index (κ1) is 12.6. The van der Waals surface area contributed by atoms with Gasteiger partial charge in [0.2, 0.25) is 0 Å². The van der Waals surface area contributed by atoms with Crippen LogP contribution in [0.2, 0.25) is 0 Å². The lowest BCUT2D eigenvalue weighted by Crippen LogP contribution is -2.34. The summed E-state index contributed by atoms with van der Waals surface area (Å²) in [5, 5.41) is 0.